The molecule has 6 aromatic rings. The van der Waals surface area contributed by atoms with Gasteiger partial charge in [-0.2, -0.15) is 0 Å². The van der Waals surface area contributed by atoms with Crippen molar-refractivity contribution in [2.75, 3.05) is 20.3 Å². The van der Waals surface area contributed by atoms with E-state index in [0.29, 0.717) is 32.0 Å². The van der Waals surface area contributed by atoms with Crippen LogP contribution in [0, 0.1) is 11.3 Å². The van der Waals surface area contributed by atoms with Crippen molar-refractivity contribution in [2.45, 2.75) is 77.8 Å². The van der Waals surface area contributed by atoms with Crippen molar-refractivity contribution in [1.29, 1.82) is 0 Å². The van der Waals surface area contributed by atoms with Crippen LogP contribution < -0.4 is 4.74 Å². The number of methoxy groups -OCH3 is 1. The largest absolute Gasteiger partial charge is 0.488 e. The molecular weight excluding hydrogens is 721 g/mol. The molecule has 2 fully saturated rings. The average molecular weight is 769 g/mol. The first kappa shape index (κ1) is 36.7. The Kier molecular flexibility index (Phi) is 8.99. The number of carboxylic acid groups (broad SMARTS) is 1. The Labute approximate surface area is 331 Å². The molecule has 2 aromatic heterocycles. The van der Waals surface area contributed by atoms with Crippen LogP contribution in [0.15, 0.2) is 79.0 Å². The number of aromatic amines is 2. The highest BCUT2D eigenvalue weighted by Crippen LogP contribution is 2.52. The molecule has 2 amide bonds. The Morgan fingerprint density at radius 1 is 1.02 bits per heavy atom. The second-order valence-corrected chi connectivity index (χ2v) is 16.9. The number of carbonyl (C=O) groups excluding carboxylic acids is 1. The molecular formula is C45H48N6O6. The number of fused-ring (bicyclic) bond motifs is 6. The van der Waals surface area contributed by atoms with Crippen molar-refractivity contribution in [2.24, 2.45) is 11.3 Å². The van der Waals surface area contributed by atoms with Gasteiger partial charge in [0.05, 0.1) is 35.6 Å². The summed E-state index contributed by atoms with van der Waals surface area (Å²) in [5.74, 6) is 2.24. The molecule has 0 bridgehead atoms. The van der Waals surface area contributed by atoms with Crippen LogP contribution in [0.3, 0.4) is 0 Å². The Balaban J connectivity index is 0.998. The fourth-order valence-electron chi connectivity index (χ4n) is 9.55. The minimum Gasteiger partial charge on any atom is -0.488 e. The van der Waals surface area contributed by atoms with Gasteiger partial charge in [0.2, 0.25) is 0 Å². The lowest BCUT2D eigenvalue weighted by molar-refractivity contribution is 0.0213. The van der Waals surface area contributed by atoms with Crippen molar-refractivity contribution in [1.82, 2.24) is 29.7 Å². The molecule has 0 saturated carbocycles. The molecule has 0 aliphatic carbocycles. The number of amides is 2. The van der Waals surface area contributed by atoms with Gasteiger partial charge in [-0.1, -0.05) is 69.3 Å². The number of hydrogen-bond donors (Lipinski definition) is 3. The first-order chi connectivity index (χ1) is 27.4. The van der Waals surface area contributed by atoms with Crippen molar-refractivity contribution in [3.63, 3.8) is 0 Å². The number of ether oxygens (including phenoxy) is 3. The van der Waals surface area contributed by atoms with Crippen LogP contribution in [0.25, 0.3) is 44.2 Å². The summed E-state index contributed by atoms with van der Waals surface area (Å²) in [6.45, 7) is 9.76. The summed E-state index contributed by atoms with van der Waals surface area (Å²) >= 11 is 0. The van der Waals surface area contributed by atoms with E-state index in [1.165, 1.54) is 0 Å². The molecule has 4 atom stereocenters. The maximum atomic E-state index is 13.4. The zero-order valence-corrected chi connectivity index (χ0v) is 33.0. The SMILES string of the molecule is COC[C@@H]1CN(C(=O)O)[C@](c2ncc(-c3ccc4c(c3)COc3cc5c(ccc6[nH]c([C@@H]7CC[C@H](C)N7C(=O)OCc7ccccc7)nc65)cc3-4)[nH]2)(C(C)(C)C)C1. The number of nitrogens with zero attached hydrogens (tertiary/aromatic N) is 4. The number of H-pyrrole nitrogens is 2. The predicted octanol–water partition coefficient (Wildman–Crippen LogP) is 9.42. The van der Waals surface area contributed by atoms with Gasteiger partial charge in [-0.15, -0.1) is 0 Å². The number of hydrogen-bond acceptors (Lipinski definition) is 7. The van der Waals surface area contributed by atoms with E-state index in [1.807, 2.05) is 41.4 Å². The molecule has 0 unspecified atom stereocenters. The Morgan fingerprint density at radius 2 is 1.84 bits per heavy atom. The minimum atomic E-state index is -0.959. The highest BCUT2D eigenvalue weighted by Gasteiger charge is 2.58. The minimum absolute atomic E-state index is 0.0307. The first-order valence-electron chi connectivity index (χ1n) is 19.7. The summed E-state index contributed by atoms with van der Waals surface area (Å²) in [7, 11) is 1.65. The van der Waals surface area contributed by atoms with Crippen LogP contribution in [0.2, 0.25) is 0 Å². The smallest absolute Gasteiger partial charge is 0.410 e. The van der Waals surface area contributed by atoms with E-state index in [2.05, 4.69) is 80.1 Å². The summed E-state index contributed by atoms with van der Waals surface area (Å²) in [5, 5.41) is 12.4. The maximum absolute atomic E-state index is 13.4. The number of imidazole rings is 2. The third-order valence-electron chi connectivity index (χ3n) is 12.4. The third-order valence-corrected chi connectivity index (χ3v) is 12.4. The second-order valence-electron chi connectivity index (χ2n) is 16.9. The Morgan fingerprint density at radius 3 is 2.61 bits per heavy atom. The average Bonchev–Trinajstić information content (AvgIpc) is 4.01. The molecule has 2 saturated heterocycles. The lowest BCUT2D eigenvalue weighted by Gasteiger charge is -2.45. The van der Waals surface area contributed by atoms with E-state index in [4.69, 9.17) is 24.2 Å². The Hall–Kier alpha value is -5.88. The zero-order chi connectivity index (χ0) is 39.6. The standard InChI is InChI=1S/C45H48N6O6/c1-26-11-16-37(51(26)43(54)57-24-27-9-7-6-8-10-27)40-47-35-15-13-29-18-34-32-14-12-30(17-31(32)25-56-38(34)19-33(29)39(35)49-40)36-21-46-41(48-36)45(44(2,3)4)20-28(23-55-5)22-50(45)42(52)53/h6-10,12-15,17-19,21,26,28,37H,11,16,20,22-25H2,1-5H3,(H,46,48)(H,47,49)(H,52,53)/t26-,28-,37-,45+/m0/s1. The summed E-state index contributed by atoms with van der Waals surface area (Å²) in [4.78, 5) is 46.4. The summed E-state index contributed by atoms with van der Waals surface area (Å²) in [6, 6.07) is 24.3. The number of rotatable bonds is 7. The molecule has 12 heteroatoms. The monoisotopic (exact) mass is 768 g/mol. The van der Waals surface area contributed by atoms with Gasteiger partial charge in [0.1, 0.15) is 36.2 Å². The van der Waals surface area contributed by atoms with Crippen molar-refractivity contribution >= 4 is 34.0 Å². The van der Waals surface area contributed by atoms with E-state index >= 15 is 0 Å². The fraction of sp³-hybridized carbons (Fsp3) is 0.378. The van der Waals surface area contributed by atoms with Gasteiger partial charge >= 0.3 is 12.2 Å². The molecule has 12 nitrogen and oxygen atoms in total. The summed E-state index contributed by atoms with van der Waals surface area (Å²) in [5.41, 5.74) is 6.32. The first-order valence-corrected chi connectivity index (χ1v) is 19.7. The predicted molar refractivity (Wildman–Crippen MR) is 217 cm³/mol. The summed E-state index contributed by atoms with van der Waals surface area (Å²) < 4.78 is 17.7. The molecule has 3 aliphatic heterocycles. The summed E-state index contributed by atoms with van der Waals surface area (Å²) in [6.07, 6.45) is 2.79. The molecule has 5 heterocycles. The number of likely N-dealkylation sites (tertiary alicyclic amines) is 2. The topological polar surface area (TPSA) is 146 Å². The van der Waals surface area contributed by atoms with Crippen LogP contribution >= 0.6 is 0 Å². The van der Waals surface area contributed by atoms with Gasteiger partial charge in [-0.25, -0.2) is 19.6 Å². The second kappa shape index (κ2) is 13.9. The molecule has 4 aromatic carbocycles. The fourth-order valence-corrected chi connectivity index (χ4v) is 9.55. The van der Waals surface area contributed by atoms with Crippen molar-refractivity contribution in [3.05, 3.63) is 102 Å². The molecule has 57 heavy (non-hydrogen) atoms. The van der Waals surface area contributed by atoms with Crippen LogP contribution in [0.4, 0.5) is 9.59 Å². The Bertz CT molecular complexity index is 2500. The molecule has 3 N–H and O–H groups in total. The number of benzene rings is 4. The van der Waals surface area contributed by atoms with E-state index in [1.54, 1.807) is 12.0 Å². The van der Waals surface area contributed by atoms with Gasteiger partial charge in [0, 0.05) is 36.6 Å². The highest BCUT2D eigenvalue weighted by molar-refractivity contribution is 6.07. The molecule has 294 valence electrons. The van der Waals surface area contributed by atoms with Gasteiger partial charge in [0.25, 0.3) is 0 Å². The van der Waals surface area contributed by atoms with Gasteiger partial charge in [-0.3, -0.25) is 9.80 Å². The van der Waals surface area contributed by atoms with Crippen LogP contribution in [0.5, 0.6) is 5.75 Å². The zero-order valence-electron chi connectivity index (χ0n) is 33.0. The van der Waals surface area contributed by atoms with Crippen LogP contribution in [-0.4, -0.2) is 73.3 Å². The van der Waals surface area contributed by atoms with E-state index < -0.39 is 17.0 Å². The van der Waals surface area contributed by atoms with E-state index in [0.717, 1.165) is 79.7 Å². The van der Waals surface area contributed by atoms with Crippen LogP contribution in [-0.2, 0) is 28.2 Å². The molecule has 3 aliphatic rings. The number of carbonyl (C=O) groups is 2. The third kappa shape index (κ3) is 6.17. The normalized spacial score (nSPS) is 21.8. The van der Waals surface area contributed by atoms with Gasteiger partial charge in [0.15, 0.2) is 0 Å². The van der Waals surface area contributed by atoms with E-state index in [9.17, 15) is 14.7 Å². The molecule has 0 spiro atoms. The molecule has 9 rings (SSSR count). The van der Waals surface area contributed by atoms with Crippen molar-refractivity contribution in [3.8, 4) is 28.1 Å². The number of nitrogens with one attached hydrogen (secondary N) is 2. The maximum Gasteiger partial charge on any atom is 0.410 e. The molecule has 0 radical (unpaired) electrons. The van der Waals surface area contributed by atoms with Crippen LogP contribution in [0.1, 0.15) is 75.8 Å². The number of aromatic nitrogens is 4. The highest BCUT2D eigenvalue weighted by atomic mass is 16.6. The van der Waals surface area contributed by atoms with Gasteiger partial charge in [-0.05, 0) is 83.5 Å². The van der Waals surface area contributed by atoms with Crippen molar-refractivity contribution < 1.29 is 28.9 Å². The van der Waals surface area contributed by atoms with E-state index in [-0.39, 0.29) is 30.7 Å². The lowest BCUT2D eigenvalue weighted by Crippen LogP contribution is -2.53. The quantitative estimate of drug-likeness (QED) is 0.146. The lowest BCUT2D eigenvalue weighted by atomic mass is 9.70. The van der Waals surface area contributed by atoms with Gasteiger partial charge < -0.3 is 29.3 Å².